The molecule has 0 aliphatic heterocycles. The molecule has 3 heteroatoms. The third-order valence-corrected chi connectivity index (χ3v) is 4.42. The van der Waals surface area contributed by atoms with Gasteiger partial charge in [0.1, 0.15) is 0 Å². The molecule has 0 amide bonds. The van der Waals surface area contributed by atoms with Crippen molar-refractivity contribution in [2.45, 2.75) is 13.8 Å². The van der Waals surface area contributed by atoms with E-state index in [9.17, 15) is 4.79 Å². The highest BCUT2D eigenvalue weighted by Crippen LogP contribution is 2.24. The summed E-state index contributed by atoms with van der Waals surface area (Å²) in [6, 6.07) is 5.72. The Morgan fingerprint density at radius 2 is 1.81 bits per heavy atom. The van der Waals surface area contributed by atoms with Crippen LogP contribution < -0.4 is 0 Å². The Kier molecular flexibility index (Phi) is 3.26. The molecule has 0 spiro atoms. The number of ketones is 1. The average Bonchev–Trinajstić information content (AvgIpc) is 2.77. The first kappa shape index (κ1) is 11.6. The van der Waals surface area contributed by atoms with Gasteiger partial charge in [-0.05, 0) is 48.6 Å². The lowest BCUT2D eigenvalue weighted by atomic mass is 10.0. The summed E-state index contributed by atoms with van der Waals surface area (Å²) in [5, 5.41) is 3.81. The Bertz CT molecular complexity index is 506. The van der Waals surface area contributed by atoms with Crippen molar-refractivity contribution in [3.8, 4) is 0 Å². The quantitative estimate of drug-likeness (QED) is 0.752. The Balaban J connectivity index is 2.46. The summed E-state index contributed by atoms with van der Waals surface area (Å²) < 4.78 is 1.08. The Morgan fingerprint density at radius 3 is 2.31 bits per heavy atom. The second-order valence-corrected chi connectivity index (χ2v) is 5.34. The van der Waals surface area contributed by atoms with Crippen LogP contribution in [0.4, 0.5) is 0 Å². The van der Waals surface area contributed by atoms with Crippen LogP contribution in [0.5, 0.6) is 0 Å². The predicted molar refractivity (Wildman–Crippen MR) is 71.4 cm³/mol. The molecule has 2 aromatic rings. The summed E-state index contributed by atoms with van der Waals surface area (Å²) in [5.41, 5.74) is 3.72. The van der Waals surface area contributed by atoms with E-state index in [4.69, 9.17) is 0 Å². The molecule has 0 fully saturated rings. The Labute approximate surface area is 107 Å². The summed E-state index contributed by atoms with van der Waals surface area (Å²) in [7, 11) is 0. The minimum atomic E-state index is 0.0972. The molecule has 1 aromatic heterocycles. The third-order valence-electron chi connectivity index (χ3n) is 2.48. The van der Waals surface area contributed by atoms with E-state index in [2.05, 4.69) is 15.9 Å². The van der Waals surface area contributed by atoms with Crippen LogP contribution >= 0.6 is 27.3 Å². The van der Waals surface area contributed by atoms with Crippen molar-refractivity contribution in [1.82, 2.24) is 0 Å². The maximum atomic E-state index is 12.1. The Morgan fingerprint density at radius 1 is 1.19 bits per heavy atom. The van der Waals surface area contributed by atoms with Gasteiger partial charge in [0.25, 0.3) is 0 Å². The molecule has 0 saturated heterocycles. The van der Waals surface area contributed by atoms with Gasteiger partial charge in [-0.2, -0.15) is 11.3 Å². The second kappa shape index (κ2) is 4.52. The standard InChI is InChI=1S/C13H11BrOS/c1-8-5-11(6-9(2)12(8)14)13(15)10-3-4-16-7-10/h3-7H,1-2H3. The van der Waals surface area contributed by atoms with Crippen molar-refractivity contribution in [3.63, 3.8) is 0 Å². The first-order valence-corrected chi connectivity index (χ1v) is 6.67. The fourth-order valence-electron chi connectivity index (χ4n) is 1.64. The largest absolute Gasteiger partial charge is 0.289 e. The minimum absolute atomic E-state index is 0.0972. The van der Waals surface area contributed by atoms with Crippen molar-refractivity contribution in [2.75, 3.05) is 0 Å². The fourth-order valence-corrected chi connectivity index (χ4v) is 2.50. The molecule has 0 saturated carbocycles. The van der Waals surface area contributed by atoms with E-state index in [0.717, 1.165) is 26.7 Å². The molecule has 0 aliphatic rings. The molecule has 0 aliphatic carbocycles. The van der Waals surface area contributed by atoms with Gasteiger partial charge < -0.3 is 0 Å². The average molecular weight is 295 g/mol. The van der Waals surface area contributed by atoms with Crippen molar-refractivity contribution in [1.29, 1.82) is 0 Å². The minimum Gasteiger partial charge on any atom is -0.289 e. The number of carbonyl (C=O) groups is 1. The van der Waals surface area contributed by atoms with E-state index in [1.807, 2.05) is 42.8 Å². The zero-order valence-corrected chi connectivity index (χ0v) is 11.5. The van der Waals surface area contributed by atoms with E-state index < -0.39 is 0 Å². The van der Waals surface area contributed by atoms with Crippen LogP contribution in [-0.4, -0.2) is 5.78 Å². The summed E-state index contributed by atoms with van der Waals surface area (Å²) in [5.74, 6) is 0.0972. The highest BCUT2D eigenvalue weighted by Gasteiger charge is 2.11. The summed E-state index contributed by atoms with van der Waals surface area (Å²) in [4.78, 5) is 12.1. The molecule has 0 radical (unpaired) electrons. The maximum Gasteiger partial charge on any atom is 0.193 e. The summed E-state index contributed by atoms with van der Waals surface area (Å²) in [6.45, 7) is 4.00. The number of hydrogen-bond donors (Lipinski definition) is 0. The molecule has 0 unspecified atom stereocenters. The number of benzene rings is 1. The smallest absolute Gasteiger partial charge is 0.193 e. The van der Waals surface area contributed by atoms with E-state index in [-0.39, 0.29) is 5.78 Å². The van der Waals surface area contributed by atoms with Gasteiger partial charge in [-0.3, -0.25) is 4.79 Å². The molecular formula is C13H11BrOS. The van der Waals surface area contributed by atoms with Crippen molar-refractivity contribution in [3.05, 3.63) is 55.7 Å². The number of carbonyl (C=O) groups excluding carboxylic acids is 1. The fraction of sp³-hybridized carbons (Fsp3) is 0.154. The highest BCUT2D eigenvalue weighted by molar-refractivity contribution is 9.10. The molecule has 1 nitrogen and oxygen atoms in total. The molecule has 1 aromatic carbocycles. The van der Waals surface area contributed by atoms with Crippen LogP contribution in [0.1, 0.15) is 27.0 Å². The van der Waals surface area contributed by atoms with Crippen LogP contribution in [0.15, 0.2) is 33.4 Å². The number of aryl methyl sites for hydroxylation is 2. The van der Waals surface area contributed by atoms with Gasteiger partial charge in [0, 0.05) is 21.0 Å². The van der Waals surface area contributed by atoms with Gasteiger partial charge in [0.2, 0.25) is 0 Å². The molecular weight excluding hydrogens is 284 g/mol. The SMILES string of the molecule is Cc1cc(C(=O)c2ccsc2)cc(C)c1Br. The highest BCUT2D eigenvalue weighted by atomic mass is 79.9. The molecule has 0 bridgehead atoms. The zero-order chi connectivity index (χ0) is 11.7. The van der Waals surface area contributed by atoms with Crippen LogP contribution in [0.3, 0.4) is 0 Å². The topological polar surface area (TPSA) is 17.1 Å². The van der Waals surface area contributed by atoms with Gasteiger partial charge in [-0.25, -0.2) is 0 Å². The number of halogens is 1. The van der Waals surface area contributed by atoms with Gasteiger partial charge in [0.05, 0.1) is 0 Å². The third kappa shape index (κ3) is 2.11. The summed E-state index contributed by atoms with van der Waals surface area (Å²) in [6.07, 6.45) is 0. The summed E-state index contributed by atoms with van der Waals surface area (Å²) >= 11 is 5.05. The van der Waals surface area contributed by atoms with Crippen LogP contribution in [0.25, 0.3) is 0 Å². The van der Waals surface area contributed by atoms with E-state index in [0.29, 0.717) is 0 Å². The lowest BCUT2D eigenvalue weighted by Crippen LogP contribution is -2.01. The van der Waals surface area contributed by atoms with E-state index in [1.165, 1.54) is 0 Å². The predicted octanol–water partition coefficient (Wildman–Crippen LogP) is 4.36. The number of hydrogen-bond acceptors (Lipinski definition) is 2. The number of thiophene rings is 1. The molecule has 2 rings (SSSR count). The van der Waals surface area contributed by atoms with Crippen LogP contribution in [0.2, 0.25) is 0 Å². The lowest BCUT2D eigenvalue weighted by molar-refractivity contribution is 0.103. The second-order valence-electron chi connectivity index (χ2n) is 3.77. The van der Waals surface area contributed by atoms with Crippen molar-refractivity contribution < 1.29 is 4.79 Å². The lowest BCUT2D eigenvalue weighted by Gasteiger charge is -2.06. The molecule has 82 valence electrons. The molecule has 16 heavy (non-hydrogen) atoms. The van der Waals surface area contributed by atoms with E-state index >= 15 is 0 Å². The van der Waals surface area contributed by atoms with Crippen molar-refractivity contribution >= 4 is 33.0 Å². The molecule has 1 heterocycles. The molecule has 0 atom stereocenters. The molecule has 0 N–H and O–H groups in total. The monoisotopic (exact) mass is 294 g/mol. The van der Waals surface area contributed by atoms with Gasteiger partial charge in [-0.15, -0.1) is 0 Å². The van der Waals surface area contributed by atoms with Crippen LogP contribution in [-0.2, 0) is 0 Å². The first-order chi connectivity index (χ1) is 7.59. The zero-order valence-electron chi connectivity index (χ0n) is 9.08. The van der Waals surface area contributed by atoms with Gasteiger partial charge >= 0.3 is 0 Å². The van der Waals surface area contributed by atoms with Crippen LogP contribution in [0, 0.1) is 13.8 Å². The van der Waals surface area contributed by atoms with Gasteiger partial charge in [0.15, 0.2) is 5.78 Å². The Hall–Kier alpha value is -0.930. The first-order valence-electron chi connectivity index (χ1n) is 4.93. The maximum absolute atomic E-state index is 12.1. The van der Waals surface area contributed by atoms with E-state index in [1.54, 1.807) is 11.3 Å². The number of rotatable bonds is 2. The normalized spacial score (nSPS) is 10.4. The van der Waals surface area contributed by atoms with Gasteiger partial charge in [-0.1, -0.05) is 15.9 Å². The van der Waals surface area contributed by atoms with Crippen molar-refractivity contribution in [2.24, 2.45) is 0 Å².